The van der Waals surface area contributed by atoms with E-state index in [-0.39, 0.29) is 0 Å². The van der Waals surface area contributed by atoms with Gasteiger partial charge in [0.15, 0.2) is 5.82 Å². The van der Waals surface area contributed by atoms with Gasteiger partial charge in [-0.1, -0.05) is 32.0 Å². The van der Waals surface area contributed by atoms with Crippen molar-refractivity contribution in [2.24, 2.45) is 0 Å². The van der Waals surface area contributed by atoms with Crippen molar-refractivity contribution in [2.45, 2.75) is 33.2 Å². The second kappa shape index (κ2) is 6.83. The van der Waals surface area contributed by atoms with Crippen LogP contribution in [0.5, 0.6) is 0 Å². The molecule has 5 nitrogen and oxygen atoms in total. The number of hydrogen-bond donors (Lipinski definition) is 1. The Morgan fingerprint density at radius 2 is 2.14 bits per heavy atom. The van der Waals surface area contributed by atoms with Crippen LogP contribution in [0.15, 0.2) is 30.3 Å². The molecule has 110 valence electrons. The average Bonchev–Trinajstić information content (AvgIpc) is 2.87. The van der Waals surface area contributed by atoms with Gasteiger partial charge in [-0.3, -0.25) is 0 Å². The Labute approximate surface area is 124 Å². The lowest BCUT2D eigenvalue weighted by Gasteiger charge is -2.05. The van der Waals surface area contributed by atoms with Crippen LogP contribution in [-0.4, -0.2) is 25.8 Å². The molecule has 1 N–H and O–H groups in total. The lowest BCUT2D eigenvalue weighted by molar-refractivity contribution is -0.131. The molecule has 0 spiro atoms. The van der Waals surface area contributed by atoms with Gasteiger partial charge in [0.05, 0.1) is 6.54 Å². The Balaban J connectivity index is 2.21. The molecule has 0 aliphatic heterocycles. The van der Waals surface area contributed by atoms with Crippen molar-refractivity contribution < 1.29 is 9.90 Å². The van der Waals surface area contributed by atoms with Crippen molar-refractivity contribution in [3.63, 3.8) is 0 Å². The number of rotatable bonds is 6. The van der Waals surface area contributed by atoms with Crippen molar-refractivity contribution in [3.8, 4) is 0 Å². The lowest BCUT2D eigenvalue weighted by Crippen LogP contribution is -2.06. The maximum Gasteiger partial charge on any atom is 0.328 e. The summed E-state index contributed by atoms with van der Waals surface area (Å²) in [5, 5.41) is 13.2. The predicted molar refractivity (Wildman–Crippen MR) is 81.0 cm³/mol. The molecule has 0 atom stereocenters. The molecule has 0 aliphatic rings. The van der Waals surface area contributed by atoms with Crippen LogP contribution in [0.3, 0.4) is 0 Å². The molecule has 0 unspecified atom stereocenters. The van der Waals surface area contributed by atoms with E-state index in [9.17, 15) is 4.79 Å². The molecule has 0 amide bonds. The zero-order chi connectivity index (χ0) is 15.2. The van der Waals surface area contributed by atoms with Gasteiger partial charge in [0, 0.05) is 18.9 Å². The molecule has 2 rings (SSSR count). The molecule has 0 radical (unpaired) electrons. The maximum absolute atomic E-state index is 10.6. The van der Waals surface area contributed by atoms with Crippen LogP contribution in [0.4, 0.5) is 0 Å². The Bertz CT molecular complexity index is 659. The van der Waals surface area contributed by atoms with Gasteiger partial charge in [-0.2, -0.15) is 5.10 Å². The van der Waals surface area contributed by atoms with Crippen molar-refractivity contribution >= 4 is 12.0 Å². The number of carbonyl (C=O) groups is 1. The van der Waals surface area contributed by atoms with Gasteiger partial charge in [0.25, 0.3) is 0 Å². The molecule has 1 aromatic heterocycles. The van der Waals surface area contributed by atoms with Crippen LogP contribution < -0.4 is 0 Å². The minimum absolute atomic E-state index is 0.644. The monoisotopic (exact) mass is 285 g/mol. The first-order chi connectivity index (χ1) is 10.1. The Kier molecular flexibility index (Phi) is 4.87. The fourth-order valence-electron chi connectivity index (χ4n) is 2.10. The Morgan fingerprint density at radius 1 is 1.33 bits per heavy atom. The summed E-state index contributed by atoms with van der Waals surface area (Å²) in [6, 6.07) is 7.76. The number of aliphatic carboxylic acids is 1. The lowest BCUT2D eigenvalue weighted by atomic mass is 10.1. The highest BCUT2D eigenvalue weighted by Crippen LogP contribution is 2.10. The summed E-state index contributed by atoms with van der Waals surface area (Å²) in [6.45, 7) is 4.74. The quantitative estimate of drug-likeness (QED) is 0.828. The third-order valence-corrected chi connectivity index (χ3v) is 3.13. The van der Waals surface area contributed by atoms with E-state index < -0.39 is 5.97 Å². The van der Waals surface area contributed by atoms with E-state index >= 15 is 0 Å². The summed E-state index contributed by atoms with van der Waals surface area (Å²) in [4.78, 5) is 15.0. The summed E-state index contributed by atoms with van der Waals surface area (Å²) >= 11 is 0. The first-order valence-corrected chi connectivity index (χ1v) is 7.05. The minimum atomic E-state index is -0.947. The van der Waals surface area contributed by atoms with Gasteiger partial charge < -0.3 is 5.11 Å². The summed E-state index contributed by atoms with van der Waals surface area (Å²) in [7, 11) is 0. The van der Waals surface area contributed by atoms with Gasteiger partial charge in [0.1, 0.15) is 5.82 Å². The summed E-state index contributed by atoms with van der Waals surface area (Å²) < 4.78 is 1.92. The fraction of sp³-hybridized carbons (Fsp3) is 0.312. The topological polar surface area (TPSA) is 68.0 Å². The second-order valence-corrected chi connectivity index (χ2v) is 4.73. The van der Waals surface area contributed by atoms with Crippen molar-refractivity contribution in [1.82, 2.24) is 14.8 Å². The number of carboxylic acid groups (broad SMARTS) is 1. The van der Waals surface area contributed by atoms with E-state index in [1.165, 1.54) is 0 Å². The van der Waals surface area contributed by atoms with E-state index in [1.54, 1.807) is 6.08 Å². The number of hydrogen-bond acceptors (Lipinski definition) is 3. The first-order valence-electron chi connectivity index (χ1n) is 7.05. The molecule has 0 saturated heterocycles. The molecular weight excluding hydrogens is 266 g/mol. The zero-order valence-corrected chi connectivity index (χ0v) is 12.3. The first kappa shape index (κ1) is 15.0. The molecule has 1 heterocycles. The largest absolute Gasteiger partial charge is 0.478 e. The molecule has 5 heteroatoms. The van der Waals surface area contributed by atoms with Crippen LogP contribution in [0.1, 0.15) is 36.6 Å². The van der Waals surface area contributed by atoms with Crippen LogP contribution in [0, 0.1) is 0 Å². The van der Waals surface area contributed by atoms with E-state index in [0.717, 1.165) is 41.7 Å². The normalized spacial score (nSPS) is 11.1. The molecule has 1 aromatic carbocycles. The zero-order valence-electron chi connectivity index (χ0n) is 12.3. The number of aryl methyl sites for hydroxylation is 2. The molecule has 0 saturated carbocycles. The molecular formula is C16H19N3O2. The molecule has 0 aliphatic carbocycles. The highest BCUT2D eigenvalue weighted by molar-refractivity contribution is 5.85. The van der Waals surface area contributed by atoms with Crippen LogP contribution in [-0.2, 0) is 24.2 Å². The number of benzene rings is 1. The van der Waals surface area contributed by atoms with Gasteiger partial charge in [-0.25, -0.2) is 14.5 Å². The summed E-state index contributed by atoms with van der Waals surface area (Å²) in [6.07, 6.45) is 4.39. The van der Waals surface area contributed by atoms with Gasteiger partial charge in [0.2, 0.25) is 0 Å². The number of aromatic nitrogens is 3. The van der Waals surface area contributed by atoms with Crippen LogP contribution in [0.25, 0.3) is 6.08 Å². The summed E-state index contributed by atoms with van der Waals surface area (Å²) in [5.41, 5.74) is 1.94. The number of nitrogens with zero attached hydrogens (tertiary/aromatic N) is 3. The maximum atomic E-state index is 10.6. The second-order valence-electron chi connectivity index (χ2n) is 4.73. The average molecular weight is 285 g/mol. The highest BCUT2D eigenvalue weighted by atomic mass is 16.4. The fourth-order valence-corrected chi connectivity index (χ4v) is 2.10. The van der Waals surface area contributed by atoms with E-state index in [2.05, 4.69) is 17.0 Å². The molecule has 0 bridgehead atoms. The van der Waals surface area contributed by atoms with Crippen LogP contribution in [0.2, 0.25) is 0 Å². The number of carboxylic acids is 1. The molecule has 21 heavy (non-hydrogen) atoms. The highest BCUT2D eigenvalue weighted by Gasteiger charge is 2.07. The van der Waals surface area contributed by atoms with Crippen molar-refractivity contribution in [2.75, 3.05) is 0 Å². The van der Waals surface area contributed by atoms with E-state index in [1.807, 2.05) is 35.9 Å². The Hall–Kier alpha value is -2.43. The van der Waals surface area contributed by atoms with Crippen LogP contribution >= 0.6 is 0 Å². The minimum Gasteiger partial charge on any atom is -0.478 e. The third kappa shape index (κ3) is 4.02. The van der Waals surface area contributed by atoms with Gasteiger partial charge >= 0.3 is 5.97 Å². The molecule has 0 fully saturated rings. The van der Waals surface area contributed by atoms with E-state index in [4.69, 9.17) is 5.11 Å². The smallest absolute Gasteiger partial charge is 0.328 e. The molecule has 2 aromatic rings. The predicted octanol–water partition coefficient (Wildman–Crippen LogP) is 2.55. The SMILES string of the molecule is CCc1nc(CC)n(Cc2cccc(C=CC(=O)O)c2)n1. The standard InChI is InChI=1S/C16H19N3O2/c1-3-14-17-15(4-2)19(18-14)11-13-7-5-6-12(10-13)8-9-16(20)21/h5-10H,3-4,11H2,1-2H3,(H,20,21). The van der Waals surface area contributed by atoms with Gasteiger partial charge in [-0.05, 0) is 23.3 Å². The Morgan fingerprint density at radius 3 is 2.81 bits per heavy atom. The summed E-state index contributed by atoms with van der Waals surface area (Å²) in [5.74, 6) is 0.879. The van der Waals surface area contributed by atoms with Crippen molar-refractivity contribution in [1.29, 1.82) is 0 Å². The van der Waals surface area contributed by atoms with Gasteiger partial charge in [-0.15, -0.1) is 0 Å². The van der Waals surface area contributed by atoms with E-state index in [0.29, 0.717) is 6.54 Å². The van der Waals surface area contributed by atoms with Crippen molar-refractivity contribution in [3.05, 3.63) is 53.1 Å². The third-order valence-electron chi connectivity index (χ3n) is 3.13.